The van der Waals surface area contributed by atoms with Crippen LogP contribution in [-0.4, -0.2) is 47.7 Å². The van der Waals surface area contributed by atoms with Gasteiger partial charge in [0.15, 0.2) is 0 Å². The third kappa shape index (κ3) is 3.78. The van der Waals surface area contributed by atoms with E-state index < -0.39 is 11.7 Å². The topological polar surface area (TPSA) is 63.4 Å². The summed E-state index contributed by atoms with van der Waals surface area (Å²) in [7, 11) is 0. The Morgan fingerprint density at radius 1 is 1.31 bits per heavy atom. The Bertz CT molecular complexity index is 202. The minimum atomic E-state index is -0.814. The van der Waals surface area contributed by atoms with Gasteiger partial charge in [-0.3, -0.25) is 9.59 Å². The summed E-state index contributed by atoms with van der Waals surface area (Å²) in [5.74, 6) is 0.958. The molecule has 0 atom stereocenters. The summed E-state index contributed by atoms with van der Waals surface area (Å²) in [4.78, 5) is 23.5. The molecule has 0 radical (unpaired) electrons. The number of amides is 1. The molecule has 1 fully saturated rings. The summed E-state index contributed by atoms with van der Waals surface area (Å²) in [6, 6.07) is 0. The largest absolute Gasteiger partial charge is 0.363 e. The van der Waals surface area contributed by atoms with Crippen LogP contribution >= 0.6 is 11.8 Å². The second-order valence-electron chi connectivity index (χ2n) is 2.99. The van der Waals surface area contributed by atoms with Crippen LogP contribution in [0.4, 0.5) is 0 Å². The zero-order chi connectivity index (χ0) is 9.68. The Labute approximate surface area is 81.8 Å². The van der Waals surface area contributed by atoms with Crippen LogP contribution < -0.4 is 5.73 Å². The van der Waals surface area contributed by atoms with Crippen molar-refractivity contribution in [3.05, 3.63) is 0 Å². The van der Waals surface area contributed by atoms with Crippen molar-refractivity contribution >= 4 is 23.5 Å². The van der Waals surface area contributed by atoms with Gasteiger partial charge >= 0.3 is 0 Å². The molecule has 1 aliphatic rings. The summed E-state index contributed by atoms with van der Waals surface area (Å²) < 4.78 is 0. The smallest absolute Gasteiger partial charge is 0.284 e. The Kier molecular flexibility index (Phi) is 4.24. The highest BCUT2D eigenvalue weighted by Crippen LogP contribution is 2.08. The lowest BCUT2D eigenvalue weighted by atomic mass is 10.2. The molecule has 4 nitrogen and oxygen atoms in total. The SMILES string of the molecule is NC(=O)C(=O)CCN1CCSCC1. The normalized spacial score (nSPS) is 18.5. The molecular formula is C8H14N2O2S. The maximum atomic E-state index is 10.9. The third-order valence-corrected chi connectivity index (χ3v) is 2.98. The van der Waals surface area contributed by atoms with E-state index in [1.807, 2.05) is 11.8 Å². The van der Waals surface area contributed by atoms with Gasteiger partial charge in [-0.05, 0) is 0 Å². The first-order valence-corrected chi connectivity index (χ1v) is 5.48. The van der Waals surface area contributed by atoms with Crippen molar-refractivity contribution in [2.45, 2.75) is 6.42 Å². The van der Waals surface area contributed by atoms with E-state index in [-0.39, 0.29) is 6.42 Å². The lowest BCUT2D eigenvalue weighted by Gasteiger charge is -2.25. The van der Waals surface area contributed by atoms with Gasteiger partial charge in [-0.1, -0.05) is 0 Å². The molecule has 5 heteroatoms. The number of ketones is 1. The zero-order valence-electron chi connectivity index (χ0n) is 7.49. The Morgan fingerprint density at radius 2 is 1.92 bits per heavy atom. The molecule has 0 saturated carbocycles. The fourth-order valence-corrected chi connectivity index (χ4v) is 2.19. The highest BCUT2D eigenvalue weighted by atomic mass is 32.2. The highest BCUT2D eigenvalue weighted by molar-refractivity contribution is 7.99. The van der Waals surface area contributed by atoms with Crippen LogP contribution in [0.2, 0.25) is 0 Å². The van der Waals surface area contributed by atoms with Crippen molar-refractivity contribution in [2.24, 2.45) is 5.73 Å². The second kappa shape index (κ2) is 5.24. The molecule has 1 rings (SSSR count). The average molecular weight is 202 g/mol. The average Bonchev–Trinajstić information content (AvgIpc) is 2.15. The lowest BCUT2D eigenvalue weighted by Crippen LogP contribution is -2.35. The highest BCUT2D eigenvalue weighted by Gasteiger charge is 2.14. The molecule has 0 spiro atoms. The van der Waals surface area contributed by atoms with Crippen LogP contribution in [0.15, 0.2) is 0 Å². The molecule has 0 aliphatic carbocycles. The van der Waals surface area contributed by atoms with Crippen LogP contribution in [-0.2, 0) is 9.59 Å². The quantitative estimate of drug-likeness (QED) is 0.623. The Morgan fingerprint density at radius 3 is 2.46 bits per heavy atom. The van der Waals surface area contributed by atoms with Gasteiger partial charge in [0.05, 0.1) is 0 Å². The van der Waals surface area contributed by atoms with Crippen molar-refractivity contribution in [1.29, 1.82) is 0 Å². The van der Waals surface area contributed by atoms with Gasteiger partial charge in [-0.25, -0.2) is 0 Å². The number of Topliss-reactive ketones (excluding diaryl/α,β-unsaturated/α-hetero) is 1. The fourth-order valence-electron chi connectivity index (χ4n) is 1.21. The van der Waals surface area contributed by atoms with Crippen molar-refractivity contribution in [3.8, 4) is 0 Å². The summed E-state index contributed by atoms with van der Waals surface area (Å²) in [6.45, 7) is 2.69. The lowest BCUT2D eigenvalue weighted by molar-refractivity contribution is -0.136. The van der Waals surface area contributed by atoms with E-state index in [2.05, 4.69) is 4.90 Å². The zero-order valence-corrected chi connectivity index (χ0v) is 8.31. The first-order chi connectivity index (χ1) is 6.20. The van der Waals surface area contributed by atoms with Crippen molar-refractivity contribution < 1.29 is 9.59 Å². The third-order valence-electron chi connectivity index (χ3n) is 2.03. The molecule has 13 heavy (non-hydrogen) atoms. The van der Waals surface area contributed by atoms with Crippen molar-refractivity contribution in [3.63, 3.8) is 0 Å². The molecule has 0 bridgehead atoms. The number of hydrogen-bond donors (Lipinski definition) is 1. The predicted octanol–water partition coefficient (Wildman–Crippen LogP) is -0.520. The van der Waals surface area contributed by atoms with Gasteiger partial charge in [-0.15, -0.1) is 0 Å². The van der Waals surface area contributed by atoms with Crippen LogP contribution in [0.3, 0.4) is 0 Å². The minimum absolute atomic E-state index is 0.264. The van der Waals surface area contributed by atoms with Gasteiger partial charge in [0.25, 0.3) is 5.91 Å². The van der Waals surface area contributed by atoms with E-state index in [0.717, 1.165) is 24.6 Å². The molecule has 0 aromatic heterocycles. The van der Waals surface area contributed by atoms with Crippen LogP contribution in [0.1, 0.15) is 6.42 Å². The van der Waals surface area contributed by atoms with E-state index in [4.69, 9.17) is 5.73 Å². The Hall–Kier alpha value is -0.550. The molecule has 1 amide bonds. The molecule has 74 valence electrons. The van der Waals surface area contributed by atoms with Crippen LogP contribution in [0.5, 0.6) is 0 Å². The van der Waals surface area contributed by atoms with Gasteiger partial charge in [0.1, 0.15) is 0 Å². The van der Waals surface area contributed by atoms with E-state index in [0.29, 0.717) is 6.54 Å². The summed E-state index contributed by atoms with van der Waals surface area (Å²) in [5.41, 5.74) is 4.84. The van der Waals surface area contributed by atoms with Gasteiger partial charge < -0.3 is 10.6 Å². The molecule has 0 aromatic rings. The molecular weight excluding hydrogens is 188 g/mol. The first kappa shape index (κ1) is 10.5. The van der Waals surface area contributed by atoms with Gasteiger partial charge in [0.2, 0.25) is 5.78 Å². The van der Waals surface area contributed by atoms with Crippen LogP contribution in [0, 0.1) is 0 Å². The number of hydrogen-bond acceptors (Lipinski definition) is 4. The number of thioether (sulfide) groups is 1. The summed E-state index contributed by atoms with van der Waals surface area (Å²) in [6.07, 6.45) is 0.264. The fraction of sp³-hybridized carbons (Fsp3) is 0.750. The molecule has 1 heterocycles. The van der Waals surface area contributed by atoms with Gasteiger partial charge in [-0.2, -0.15) is 11.8 Å². The molecule has 0 unspecified atom stereocenters. The first-order valence-electron chi connectivity index (χ1n) is 4.33. The molecule has 2 N–H and O–H groups in total. The van der Waals surface area contributed by atoms with E-state index in [1.165, 1.54) is 0 Å². The maximum Gasteiger partial charge on any atom is 0.284 e. The van der Waals surface area contributed by atoms with Crippen LogP contribution in [0.25, 0.3) is 0 Å². The number of primary amides is 1. The molecule has 1 aliphatic heterocycles. The maximum absolute atomic E-state index is 10.9. The standard InChI is InChI=1S/C8H14N2O2S/c9-8(12)7(11)1-2-10-3-5-13-6-4-10/h1-6H2,(H2,9,12). The number of carbonyl (C=O) groups is 2. The van der Waals surface area contributed by atoms with Gasteiger partial charge in [0, 0.05) is 37.6 Å². The number of nitrogens with zero attached hydrogens (tertiary/aromatic N) is 1. The number of nitrogens with two attached hydrogens (primary N) is 1. The minimum Gasteiger partial charge on any atom is -0.363 e. The molecule has 0 aromatic carbocycles. The number of carbonyl (C=O) groups excluding carboxylic acids is 2. The second-order valence-corrected chi connectivity index (χ2v) is 4.22. The predicted molar refractivity (Wildman–Crippen MR) is 52.6 cm³/mol. The summed E-state index contributed by atoms with van der Waals surface area (Å²) in [5, 5.41) is 0. The van der Waals surface area contributed by atoms with Crippen molar-refractivity contribution in [2.75, 3.05) is 31.1 Å². The summed E-state index contributed by atoms with van der Waals surface area (Å²) >= 11 is 1.92. The van der Waals surface area contributed by atoms with E-state index in [9.17, 15) is 9.59 Å². The van der Waals surface area contributed by atoms with E-state index in [1.54, 1.807) is 0 Å². The van der Waals surface area contributed by atoms with E-state index >= 15 is 0 Å². The monoisotopic (exact) mass is 202 g/mol. The molecule has 1 saturated heterocycles. The van der Waals surface area contributed by atoms with Crippen molar-refractivity contribution in [1.82, 2.24) is 4.90 Å². The number of rotatable bonds is 4. The Balaban J connectivity index is 2.17.